The number of rotatable bonds is 8. The first-order chi connectivity index (χ1) is 19.8. The Morgan fingerprint density at radius 3 is 2.22 bits per heavy atom. The number of halogens is 3. The minimum absolute atomic E-state index is 0.443. The van der Waals surface area contributed by atoms with Gasteiger partial charge >= 0.3 is 6.18 Å². The Balaban J connectivity index is 1.12. The average Bonchev–Trinajstić information content (AvgIpc) is 3.28. The number of carbonyl (C=O) groups is 1. The second-order valence-electron chi connectivity index (χ2n) is 10.8. The molecular weight excluding hydrogens is 527 g/mol. The number of aromatic nitrogens is 2. The van der Waals surface area contributed by atoms with Crippen molar-refractivity contribution in [3.8, 4) is 11.1 Å². The van der Waals surface area contributed by atoms with Gasteiger partial charge in [-0.25, -0.2) is 9.97 Å². The summed E-state index contributed by atoms with van der Waals surface area (Å²) in [5.41, 5.74) is 3.00. The second-order valence-corrected chi connectivity index (χ2v) is 10.8. The van der Waals surface area contributed by atoms with Crippen LogP contribution in [0.2, 0.25) is 0 Å². The van der Waals surface area contributed by atoms with Crippen LogP contribution in [0.15, 0.2) is 79.0 Å². The quantitative estimate of drug-likeness (QED) is 0.286. The molecule has 41 heavy (non-hydrogen) atoms. The Kier molecular flexibility index (Phi) is 7.38. The number of carbonyl (C=O) groups excluding carboxylic acids is 1. The molecule has 6 nitrogen and oxygen atoms in total. The number of benzene rings is 2. The van der Waals surface area contributed by atoms with Crippen LogP contribution in [0.4, 0.5) is 19.0 Å². The van der Waals surface area contributed by atoms with Crippen molar-refractivity contribution in [1.82, 2.24) is 20.2 Å². The van der Waals surface area contributed by atoms with Gasteiger partial charge in [0.05, 0.1) is 0 Å². The summed E-state index contributed by atoms with van der Waals surface area (Å²) in [5, 5.41) is 3.24. The number of fused-ring (bicyclic) bond motifs is 4. The summed E-state index contributed by atoms with van der Waals surface area (Å²) in [6, 6.07) is 23.2. The molecule has 2 aliphatic rings. The van der Waals surface area contributed by atoms with E-state index in [9.17, 15) is 18.0 Å². The van der Waals surface area contributed by atoms with Gasteiger partial charge in [0.1, 0.15) is 17.8 Å². The van der Waals surface area contributed by atoms with Gasteiger partial charge in [0, 0.05) is 37.8 Å². The molecule has 2 aromatic carbocycles. The third-order valence-electron chi connectivity index (χ3n) is 8.32. The Labute approximate surface area is 237 Å². The van der Waals surface area contributed by atoms with Crippen LogP contribution in [0, 0.1) is 0 Å². The van der Waals surface area contributed by atoms with Crippen LogP contribution in [-0.2, 0) is 10.2 Å². The maximum absolute atomic E-state index is 13.7. The zero-order valence-electron chi connectivity index (χ0n) is 22.7. The van der Waals surface area contributed by atoms with Crippen LogP contribution in [0.3, 0.4) is 0 Å². The Morgan fingerprint density at radius 1 is 0.854 bits per heavy atom. The van der Waals surface area contributed by atoms with Crippen molar-refractivity contribution in [2.24, 2.45) is 0 Å². The van der Waals surface area contributed by atoms with Crippen molar-refractivity contribution in [2.45, 2.75) is 30.9 Å². The molecule has 9 heteroatoms. The highest BCUT2D eigenvalue weighted by Crippen LogP contribution is 2.51. The fourth-order valence-electron chi connectivity index (χ4n) is 6.33. The maximum atomic E-state index is 13.7. The molecule has 1 aliphatic heterocycles. The molecule has 0 radical (unpaired) electrons. The SMILES string of the molecule is O=C(NCC(F)(F)F)C1(CCCCN2CCN(c3ccc4cccnc4n3)CC2)c2ccccc2-c2ccccc21. The molecule has 3 heterocycles. The van der Waals surface area contributed by atoms with Crippen molar-refractivity contribution >= 4 is 22.8 Å². The van der Waals surface area contributed by atoms with Crippen LogP contribution in [-0.4, -0.2) is 66.2 Å². The van der Waals surface area contributed by atoms with Crippen molar-refractivity contribution in [3.05, 3.63) is 90.1 Å². The zero-order valence-corrected chi connectivity index (χ0v) is 22.7. The summed E-state index contributed by atoms with van der Waals surface area (Å²) in [6.45, 7) is 3.02. The average molecular weight is 560 g/mol. The Bertz CT molecular complexity index is 1500. The molecule has 0 unspecified atom stereocenters. The Hall–Kier alpha value is -3.98. The molecule has 0 atom stereocenters. The minimum atomic E-state index is -4.48. The number of unbranched alkanes of at least 4 members (excludes halogenated alkanes) is 1. The lowest BCUT2D eigenvalue weighted by molar-refractivity contribution is -0.141. The topological polar surface area (TPSA) is 61.4 Å². The summed E-state index contributed by atoms with van der Waals surface area (Å²) in [5.74, 6) is 0.347. The number of anilines is 1. The number of hydrogen-bond acceptors (Lipinski definition) is 5. The van der Waals surface area contributed by atoms with Gasteiger partial charge in [0.25, 0.3) is 0 Å². The van der Waals surface area contributed by atoms with Gasteiger partial charge in [-0.1, -0.05) is 55.0 Å². The first-order valence-corrected chi connectivity index (χ1v) is 14.1. The molecule has 2 aromatic heterocycles. The van der Waals surface area contributed by atoms with E-state index in [-0.39, 0.29) is 0 Å². The predicted octanol–water partition coefficient (Wildman–Crippen LogP) is 5.57. The molecule has 0 saturated carbocycles. The second kappa shape index (κ2) is 11.1. The highest BCUT2D eigenvalue weighted by atomic mass is 19.4. The van der Waals surface area contributed by atoms with Crippen LogP contribution in [0.1, 0.15) is 30.4 Å². The number of hydrogen-bond donors (Lipinski definition) is 1. The lowest BCUT2D eigenvalue weighted by Gasteiger charge is -2.36. The number of pyridine rings is 2. The monoisotopic (exact) mass is 559 g/mol. The maximum Gasteiger partial charge on any atom is 0.405 e. The van der Waals surface area contributed by atoms with E-state index >= 15 is 0 Å². The number of alkyl halides is 3. The fourth-order valence-corrected chi connectivity index (χ4v) is 6.33. The van der Waals surface area contributed by atoms with Crippen molar-refractivity contribution in [2.75, 3.05) is 44.2 Å². The van der Waals surface area contributed by atoms with Gasteiger partial charge in [-0.05, 0) is 65.9 Å². The Morgan fingerprint density at radius 2 is 1.54 bits per heavy atom. The summed E-state index contributed by atoms with van der Waals surface area (Å²) in [7, 11) is 0. The number of nitrogens with one attached hydrogen (secondary N) is 1. The molecule has 0 bridgehead atoms. The lowest BCUT2D eigenvalue weighted by atomic mass is 9.73. The molecule has 212 valence electrons. The molecule has 1 saturated heterocycles. The van der Waals surface area contributed by atoms with Gasteiger partial charge in [-0.2, -0.15) is 13.2 Å². The summed E-state index contributed by atoms with van der Waals surface area (Å²) in [6.07, 6.45) is -0.727. The molecular formula is C32H32F3N5O. The fraction of sp³-hybridized carbons (Fsp3) is 0.344. The van der Waals surface area contributed by atoms with E-state index in [1.54, 1.807) is 6.20 Å². The molecule has 1 fully saturated rings. The first kappa shape index (κ1) is 27.2. The number of piperazine rings is 1. The largest absolute Gasteiger partial charge is 0.405 e. The predicted molar refractivity (Wildman–Crippen MR) is 154 cm³/mol. The van der Waals surface area contributed by atoms with Gasteiger partial charge in [0.15, 0.2) is 5.65 Å². The van der Waals surface area contributed by atoms with E-state index in [1.165, 1.54) is 0 Å². The third-order valence-corrected chi connectivity index (χ3v) is 8.32. The van der Waals surface area contributed by atoms with Crippen LogP contribution in [0.25, 0.3) is 22.2 Å². The smallest absolute Gasteiger partial charge is 0.354 e. The first-order valence-electron chi connectivity index (χ1n) is 14.1. The van der Waals surface area contributed by atoms with Gasteiger partial charge in [-0.15, -0.1) is 0 Å². The van der Waals surface area contributed by atoms with E-state index < -0.39 is 24.0 Å². The van der Waals surface area contributed by atoms with E-state index in [0.29, 0.717) is 12.8 Å². The lowest BCUT2D eigenvalue weighted by Crippen LogP contribution is -2.48. The summed E-state index contributed by atoms with van der Waals surface area (Å²) < 4.78 is 39.3. The summed E-state index contributed by atoms with van der Waals surface area (Å²) >= 11 is 0. The van der Waals surface area contributed by atoms with Crippen molar-refractivity contribution in [3.63, 3.8) is 0 Å². The molecule has 6 rings (SSSR count). The van der Waals surface area contributed by atoms with Crippen LogP contribution < -0.4 is 10.2 Å². The highest BCUT2D eigenvalue weighted by Gasteiger charge is 2.49. The third kappa shape index (κ3) is 5.38. The van der Waals surface area contributed by atoms with E-state index in [0.717, 1.165) is 78.2 Å². The van der Waals surface area contributed by atoms with E-state index in [2.05, 4.69) is 26.2 Å². The van der Waals surface area contributed by atoms with Gasteiger partial charge in [0.2, 0.25) is 5.91 Å². The standard InChI is InChI=1S/C32H32F3N5O/c33-32(34,35)22-37-30(41)31(26-11-3-1-9-24(26)25-10-2-4-12-27(25)31)15-5-6-17-39-18-20-40(21-19-39)28-14-13-23-8-7-16-36-29(23)38-28/h1-4,7-14,16H,5-6,15,17-22H2,(H,37,41). The zero-order chi connectivity index (χ0) is 28.5. The van der Waals surface area contributed by atoms with Crippen molar-refractivity contribution in [1.29, 1.82) is 0 Å². The van der Waals surface area contributed by atoms with Crippen LogP contribution in [0.5, 0.6) is 0 Å². The highest BCUT2D eigenvalue weighted by molar-refractivity contribution is 6.00. The van der Waals surface area contributed by atoms with Crippen molar-refractivity contribution < 1.29 is 18.0 Å². The van der Waals surface area contributed by atoms with E-state index in [1.807, 2.05) is 66.7 Å². The molecule has 1 N–H and O–H groups in total. The van der Waals surface area contributed by atoms with Gasteiger partial charge < -0.3 is 10.2 Å². The summed E-state index contributed by atoms with van der Waals surface area (Å²) in [4.78, 5) is 27.4. The molecule has 1 aliphatic carbocycles. The molecule has 0 spiro atoms. The molecule has 4 aromatic rings. The van der Waals surface area contributed by atoms with E-state index in [4.69, 9.17) is 4.98 Å². The normalized spacial score (nSPS) is 16.4. The van der Waals surface area contributed by atoms with Crippen LogP contribution >= 0.6 is 0 Å². The minimum Gasteiger partial charge on any atom is -0.354 e. The number of amides is 1. The molecule has 1 amide bonds. The van der Waals surface area contributed by atoms with Gasteiger partial charge in [-0.3, -0.25) is 9.69 Å². The number of nitrogens with zero attached hydrogens (tertiary/aromatic N) is 4.